The van der Waals surface area contributed by atoms with Crippen molar-refractivity contribution >= 4 is 0 Å². The van der Waals surface area contributed by atoms with Crippen LogP contribution in [0.4, 0.5) is 0 Å². The third-order valence-corrected chi connectivity index (χ3v) is 14.0. The van der Waals surface area contributed by atoms with E-state index in [2.05, 4.69) is 48.5 Å². The molecule has 5 saturated carbocycles. The van der Waals surface area contributed by atoms with Crippen molar-refractivity contribution in [2.24, 2.45) is 50.7 Å². The summed E-state index contributed by atoms with van der Waals surface area (Å²) in [6, 6.07) is 0. The Labute approximate surface area is 207 Å². The first-order valence-electron chi connectivity index (χ1n) is 14.4. The standard InChI is InChI=1S/C30H50O4/c1-17(8-11-21-26(4,5)34-21)18-12-13-28(7)20-10-9-19-25(2,3)23(32)22(31)24(33)30(19)16-29(20,30)15-14-27(18,28)6/h17-24,31-33H,8-16H2,1-7H3/t17-,18-,19+,20+,21?,22+,23+,24+,27-,28+,29+,30-/m1/s1. The Kier molecular flexibility index (Phi) is 4.86. The van der Waals surface area contributed by atoms with Crippen LogP contribution in [0.25, 0.3) is 0 Å². The molecular formula is C30H50O4. The van der Waals surface area contributed by atoms with E-state index in [4.69, 9.17) is 4.74 Å². The van der Waals surface area contributed by atoms with Crippen LogP contribution >= 0.6 is 0 Å². The maximum absolute atomic E-state index is 11.5. The van der Waals surface area contributed by atoms with Crippen molar-refractivity contribution in [2.75, 3.05) is 0 Å². The van der Waals surface area contributed by atoms with Gasteiger partial charge in [-0.25, -0.2) is 0 Å². The Morgan fingerprint density at radius 2 is 1.47 bits per heavy atom. The highest BCUT2D eigenvalue weighted by molar-refractivity contribution is 5.33. The van der Waals surface area contributed by atoms with Crippen molar-refractivity contribution in [3.8, 4) is 0 Å². The predicted molar refractivity (Wildman–Crippen MR) is 133 cm³/mol. The molecule has 4 nitrogen and oxygen atoms in total. The summed E-state index contributed by atoms with van der Waals surface area (Å²) >= 11 is 0. The summed E-state index contributed by atoms with van der Waals surface area (Å²) < 4.78 is 5.89. The fourth-order valence-corrected chi connectivity index (χ4v) is 11.7. The number of aliphatic hydroxyl groups is 3. The number of rotatable bonds is 4. The highest BCUT2D eigenvalue weighted by atomic mass is 16.6. The molecule has 1 saturated heterocycles. The second kappa shape index (κ2) is 6.83. The molecule has 0 aromatic carbocycles. The first-order valence-corrected chi connectivity index (χ1v) is 14.4. The molecule has 0 bridgehead atoms. The molecule has 6 aliphatic rings. The van der Waals surface area contributed by atoms with Crippen LogP contribution in [0.1, 0.15) is 106 Å². The molecule has 0 aromatic heterocycles. The molecule has 0 radical (unpaired) electrons. The van der Waals surface area contributed by atoms with Gasteiger partial charge < -0.3 is 20.1 Å². The lowest BCUT2D eigenvalue weighted by Crippen LogP contribution is -2.65. The Hall–Kier alpha value is -0.160. The van der Waals surface area contributed by atoms with Gasteiger partial charge in [0.25, 0.3) is 0 Å². The number of hydrogen-bond donors (Lipinski definition) is 3. The van der Waals surface area contributed by atoms with Crippen LogP contribution in [0.5, 0.6) is 0 Å². The summed E-state index contributed by atoms with van der Waals surface area (Å²) in [4.78, 5) is 0. The van der Waals surface area contributed by atoms with Crippen LogP contribution in [0.15, 0.2) is 0 Å². The van der Waals surface area contributed by atoms with Crippen molar-refractivity contribution < 1.29 is 20.1 Å². The number of fused-ring (bicyclic) bond motifs is 2. The minimum Gasteiger partial charge on any atom is -0.390 e. The number of epoxide rings is 1. The highest BCUT2D eigenvalue weighted by Gasteiger charge is 2.85. The van der Waals surface area contributed by atoms with E-state index in [1.807, 2.05) is 0 Å². The average Bonchev–Trinajstić information content (AvgIpc) is 3.60. The number of ether oxygens (including phenoxy) is 1. The molecule has 12 atom stereocenters. The Bertz CT molecular complexity index is 868. The van der Waals surface area contributed by atoms with E-state index in [9.17, 15) is 15.3 Å². The van der Waals surface area contributed by atoms with Crippen LogP contribution in [0, 0.1) is 50.7 Å². The lowest BCUT2D eigenvalue weighted by molar-refractivity contribution is -0.236. The SMILES string of the molecule is C[C@H](CCC1OC1(C)C)[C@H]1CC[C@@]2(C)[C@@H]3CC[C@H]4C(C)(C)[C@@H](O)[C@H](O)[C@H](O)[C@@]45C[C@@]35CC[C@]12C. The molecule has 1 heterocycles. The zero-order valence-corrected chi connectivity index (χ0v) is 22.7. The van der Waals surface area contributed by atoms with Crippen molar-refractivity contribution in [3.05, 3.63) is 0 Å². The Morgan fingerprint density at radius 1 is 0.824 bits per heavy atom. The van der Waals surface area contributed by atoms with Gasteiger partial charge in [-0.2, -0.15) is 0 Å². The molecule has 1 unspecified atom stereocenters. The van der Waals surface area contributed by atoms with Crippen molar-refractivity contribution in [3.63, 3.8) is 0 Å². The van der Waals surface area contributed by atoms with Gasteiger partial charge in [-0.05, 0) is 117 Å². The third kappa shape index (κ3) is 2.60. The summed E-state index contributed by atoms with van der Waals surface area (Å²) in [5, 5.41) is 33.3. The van der Waals surface area contributed by atoms with Gasteiger partial charge in [0.1, 0.15) is 6.10 Å². The van der Waals surface area contributed by atoms with Crippen LogP contribution in [0.2, 0.25) is 0 Å². The fourth-order valence-electron chi connectivity index (χ4n) is 11.7. The first-order chi connectivity index (χ1) is 15.7. The highest BCUT2D eigenvalue weighted by Crippen LogP contribution is 2.89. The summed E-state index contributed by atoms with van der Waals surface area (Å²) in [6.45, 7) is 16.4. The molecule has 0 amide bonds. The minimum atomic E-state index is -1.02. The van der Waals surface area contributed by atoms with Gasteiger partial charge >= 0.3 is 0 Å². The van der Waals surface area contributed by atoms with Gasteiger partial charge in [-0.1, -0.05) is 34.6 Å². The Balaban J connectivity index is 1.27. The Morgan fingerprint density at radius 3 is 2.12 bits per heavy atom. The molecule has 1 aliphatic heterocycles. The van der Waals surface area contributed by atoms with Crippen LogP contribution < -0.4 is 0 Å². The lowest BCUT2D eigenvalue weighted by atomic mass is 9.41. The van der Waals surface area contributed by atoms with E-state index >= 15 is 0 Å². The molecule has 5 aliphatic carbocycles. The van der Waals surface area contributed by atoms with Gasteiger partial charge in [0, 0.05) is 5.41 Å². The molecule has 6 rings (SSSR count). The van der Waals surface area contributed by atoms with E-state index in [0.29, 0.717) is 28.8 Å². The van der Waals surface area contributed by atoms with E-state index in [-0.39, 0.29) is 21.8 Å². The zero-order valence-electron chi connectivity index (χ0n) is 22.7. The third-order valence-electron chi connectivity index (χ3n) is 14.0. The molecule has 4 heteroatoms. The van der Waals surface area contributed by atoms with Gasteiger partial charge in [-0.15, -0.1) is 0 Å². The van der Waals surface area contributed by atoms with Gasteiger partial charge in [0.15, 0.2) is 0 Å². The topological polar surface area (TPSA) is 73.2 Å². The summed E-state index contributed by atoms with van der Waals surface area (Å²) in [7, 11) is 0. The van der Waals surface area contributed by atoms with Crippen LogP contribution in [0.3, 0.4) is 0 Å². The predicted octanol–water partition coefficient (Wildman–Crippen LogP) is 5.32. The zero-order chi connectivity index (χ0) is 24.7. The molecule has 6 fully saturated rings. The molecule has 3 N–H and O–H groups in total. The lowest BCUT2D eigenvalue weighted by Gasteiger charge is -2.64. The average molecular weight is 475 g/mol. The van der Waals surface area contributed by atoms with Crippen molar-refractivity contribution in [2.45, 2.75) is 136 Å². The van der Waals surface area contributed by atoms with Crippen LogP contribution in [-0.2, 0) is 4.74 Å². The monoisotopic (exact) mass is 474 g/mol. The largest absolute Gasteiger partial charge is 0.390 e. The van der Waals surface area contributed by atoms with E-state index in [0.717, 1.165) is 24.7 Å². The van der Waals surface area contributed by atoms with Gasteiger partial charge in [-0.3, -0.25) is 0 Å². The smallest absolute Gasteiger partial charge is 0.107 e. The molecule has 194 valence electrons. The minimum absolute atomic E-state index is 0.0940. The van der Waals surface area contributed by atoms with E-state index in [1.54, 1.807) is 0 Å². The number of aliphatic hydroxyl groups excluding tert-OH is 3. The summed E-state index contributed by atoms with van der Waals surface area (Å²) in [5.41, 5.74) is 0.370. The quantitative estimate of drug-likeness (QED) is 0.482. The molecule has 34 heavy (non-hydrogen) atoms. The van der Waals surface area contributed by atoms with Crippen LogP contribution in [-0.4, -0.2) is 45.3 Å². The maximum atomic E-state index is 11.5. The van der Waals surface area contributed by atoms with Crippen molar-refractivity contribution in [1.82, 2.24) is 0 Å². The molecular weight excluding hydrogens is 424 g/mol. The molecule has 2 spiro atoms. The number of hydrogen-bond acceptors (Lipinski definition) is 4. The molecule has 0 aromatic rings. The van der Waals surface area contributed by atoms with Crippen molar-refractivity contribution in [1.29, 1.82) is 0 Å². The fraction of sp³-hybridized carbons (Fsp3) is 1.00. The first kappa shape index (κ1) is 24.2. The summed E-state index contributed by atoms with van der Waals surface area (Å²) in [5.74, 6) is 2.42. The maximum Gasteiger partial charge on any atom is 0.107 e. The van der Waals surface area contributed by atoms with Gasteiger partial charge in [0.2, 0.25) is 0 Å². The summed E-state index contributed by atoms with van der Waals surface area (Å²) in [6.07, 6.45) is 8.72. The second-order valence-corrected chi connectivity index (χ2v) is 15.5. The van der Waals surface area contributed by atoms with E-state index in [1.165, 1.54) is 44.9 Å². The van der Waals surface area contributed by atoms with E-state index < -0.39 is 18.3 Å². The second-order valence-electron chi connectivity index (χ2n) is 15.5. The van der Waals surface area contributed by atoms with Gasteiger partial charge in [0.05, 0.1) is 23.9 Å². The normalized spacial score (nSPS) is 59.3.